The van der Waals surface area contributed by atoms with Crippen molar-refractivity contribution in [2.24, 2.45) is 0 Å². The third-order valence-corrected chi connectivity index (χ3v) is 6.64. The monoisotopic (exact) mass is 493 g/mol. The number of hydrogen-bond acceptors (Lipinski definition) is 4. The average molecular weight is 494 g/mol. The molecule has 0 radical (unpaired) electrons. The van der Waals surface area contributed by atoms with Crippen molar-refractivity contribution in [2.45, 2.75) is 46.7 Å². The van der Waals surface area contributed by atoms with Crippen LogP contribution >= 0.6 is 11.6 Å². The summed E-state index contributed by atoms with van der Waals surface area (Å²) in [5.74, 6) is -0.732. The van der Waals surface area contributed by atoms with Crippen LogP contribution in [0.15, 0.2) is 42.5 Å². The molecule has 33 heavy (non-hydrogen) atoms. The fourth-order valence-electron chi connectivity index (χ4n) is 3.71. The molecule has 9 heteroatoms. The molecule has 0 aliphatic heterocycles. The van der Waals surface area contributed by atoms with E-state index in [9.17, 15) is 18.0 Å². The van der Waals surface area contributed by atoms with Crippen LogP contribution in [0.3, 0.4) is 0 Å². The number of likely N-dealkylation sites (N-methyl/N-ethyl adjacent to an activating group) is 1. The van der Waals surface area contributed by atoms with Crippen molar-refractivity contribution in [3.63, 3.8) is 0 Å². The number of amides is 2. The van der Waals surface area contributed by atoms with Crippen LogP contribution in [0.25, 0.3) is 0 Å². The molecule has 0 heterocycles. The number of nitrogens with one attached hydrogen (secondary N) is 1. The van der Waals surface area contributed by atoms with Crippen LogP contribution in [0, 0.1) is 13.8 Å². The highest BCUT2D eigenvalue weighted by Crippen LogP contribution is 2.26. The molecule has 1 N–H and O–H groups in total. The van der Waals surface area contributed by atoms with Crippen molar-refractivity contribution in [1.29, 1.82) is 0 Å². The second kappa shape index (κ2) is 11.5. The molecule has 2 amide bonds. The lowest BCUT2D eigenvalue weighted by Crippen LogP contribution is -2.52. The van der Waals surface area contributed by atoms with Gasteiger partial charge in [0.05, 0.1) is 11.9 Å². The van der Waals surface area contributed by atoms with Gasteiger partial charge in [0, 0.05) is 18.1 Å². The molecule has 0 aromatic heterocycles. The molecular weight excluding hydrogens is 462 g/mol. The summed E-state index contributed by atoms with van der Waals surface area (Å²) >= 11 is 6.03. The molecule has 0 saturated carbocycles. The van der Waals surface area contributed by atoms with Gasteiger partial charge in [-0.3, -0.25) is 13.9 Å². The molecule has 0 spiro atoms. The summed E-state index contributed by atoms with van der Waals surface area (Å²) in [5, 5.41) is 3.25. The normalized spacial score (nSPS) is 12.2. The SMILES string of the molecule is CCNC(=O)C(CC)N(Cc1cccc(C)c1)C(=O)CN(c1ccc(Cl)cc1C)S(C)(=O)=O. The maximum absolute atomic E-state index is 13.6. The number of sulfonamides is 1. The van der Waals surface area contributed by atoms with Crippen molar-refractivity contribution in [3.05, 3.63) is 64.2 Å². The Morgan fingerprint density at radius 2 is 1.79 bits per heavy atom. The Labute approximate surface area is 201 Å². The Balaban J connectivity index is 2.46. The summed E-state index contributed by atoms with van der Waals surface area (Å²) in [4.78, 5) is 27.8. The summed E-state index contributed by atoms with van der Waals surface area (Å²) in [7, 11) is -3.78. The minimum absolute atomic E-state index is 0.188. The number of rotatable bonds is 10. The summed E-state index contributed by atoms with van der Waals surface area (Å²) in [6.07, 6.45) is 1.45. The molecule has 7 nitrogen and oxygen atoms in total. The molecule has 180 valence electrons. The van der Waals surface area contributed by atoms with Gasteiger partial charge in [-0.25, -0.2) is 8.42 Å². The maximum atomic E-state index is 13.6. The first kappa shape index (κ1) is 26.7. The Hall–Kier alpha value is -2.58. The summed E-state index contributed by atoms with van der Waals surface area (Å²) < 4.78 is 26.4. The minimum Gasteiger partial charge on any atom is -0.355 e. The molecular formula is C24H32ClN3O4S. The van der Waals surface area contributed by atoms with E-state index in [0.29, 0.717) is 29.2 Å². The molecule has 0 aliphatic carbocycles. The van der Waals surface area contributed by atoms with Crippen molar-refractivity contribution >= 4 is 39.1 Å². The third kappa shape index (κ3) is 7.20. The highest BCUT2D eigenvalue weighted by atomic mass is 35.5. The van der Waals surface area contributed by atoms with Gasteiger partial charge in [-0.1, -0.05) is 48.4 Å². The van der Waals surface area contributed by atoms with E-state index in [2.05, 4.69) is 5.32 Å². The number of halogens is 1. The molecule has 0 saturated heterocycles. The predicted octanol–water partition coefficient (Wildman–Crippen LogP) is 3.67. The fourth-order valence-corrected chi connectivity index (χ4v) is 4.85. The second-order valence-electron chi connectivity index (χ2n) is 8.03. The van der Waals surface area contributed by atoms with Crippen LogP contribution in [-0.2, 0) is 26.2 Å². The van der Waals surface area contributed by atoms with Crippen LogP contribution in [0.4, 0.5) is 5.69 Å². The van der Waals surface area contributed by atoms with Crippen LogP contribution in [0.2, 0.25) is 5.02 Å². The first-order chi connectivity index (χ1) is 15.5. The van der Waals surface area contributed by atoms with E-state index < -0.39 is 28.5 Å². The first-order valence-corrected chi connectivity index (χ1v) is 13.1. The quantitative estimate of drug-likeness (QED) is 0.547. The first-order valence-electron chi connectivity index (χ1n) is 10.8. The van der Waals surface area contributed by atoms with Crippen molar-refractivity contribution in [1.82, 2.24) is 10.2 Å². The van der Waals surface area contributed by atoms with Crippen molar-refractivity contribution in [3.8, 4) is 0 Å². The van der Waals surface area contributed by atoms with Gasteiger partial charge in [0.15, 0.2) is 0 Å². The molecule has 1 atom stereocenters. The Morgan fingerprint density at radius 3 is 2.33 bits per heavy atom. The summed E-state index contributed by atoms with van der Waals surface area (Å²) in [6, 6.07) is 11.8. The standard InChI is InChI=1S/C24H32ClN3O4S/c1-6-21(24(30)26-7-2)27(15-19-10-8-9-17(3)13-19)23(29)16-28(33(5,31)32)22-12-11-20(25)14-18(22)4/h8-14,21H,6-7,15-16H2,1-5H3,(H,26,30). The molecule has 1 unspecified atom stereocenters. The molecule has 2 aromatic carbocycles. The van der Waals surface area contributed by atoms with Crippen LogP contribution in [-0.4, -0.2) is 50.5 Å². The van der Waals surface area contributed by atoms with Gasteiger partial charge in [-0.2, -0.15) is 0 Å². The highest BCUT2D eigenvalue weighted by molar-refractivity contribution is 7.92. The van der Waals surface area contributed by atoms with E-state index in [-0.39, 0.29) is 12.5 Å². The number of nitrogens with zero attached hydrogens (tertiary/aromatic N) is 2. The number of anilines is 1. The van der Waals surface area contributed by atoms with E-state index >= 15 is 0 Å². The second-order valence-corrected chi connectivity index (χ2v) is 10.4. The number of carbonyl (C=O) groups is 2. The molecule has 0 fully saturated rings. The van der Waals surface area contributed by atoms with Crippen LogP contribution in [0.1, 0.15) is 37.0 Å². The zero-order chi connectivity index (χ0) is 24.8. The zero-order valence-corrected chi connectivity index (χ0v) is 21.3. The molecule has 2 rings (SSSR count). The minimum atomic E-state index is -3.78. The predicted molar refractivity (Wildman–Crippen MR) is 133 cm³/mol. The fraction of sp³-hybridized carbons (Fsp3) is 0.417. The van der Waals surface area contributed by atoms with Crippen molar-refractivity contribution < 1.29 is 18.0 Å². The third-order valence-electron chi connectivity index (χ3n) is 5.28. The largest absolute Gasteiger partial charge is 0.355 e. The van der Waals surface area contributed by atoms with Crippen LogP contribution in [0.5, 0.6) is 0 Å². The summed E-state index contributed by atoms with van der Waals surface area (Å²) in [5.41, 5.74) is 2.89. The smallest absolute Gasteiger partial charge is 0.244 e. The van der Waals surface area contributed by atoms with Gasteiger partial charge in [0.1, 0.15) is 12.6 Å². The number of benzene rings is 2. The topological polar surface area (TPSA) is 86.8 Å². The lowest BCUT2D eigenvalue weighted by molar-refractivity contribution is -0.140. The molecule has 0 bridgehead atoms. The Kier molecular flexibility index (Phi) is 9.31. The van der Waals surface area contributed by atoms with Crippen LogP contribution < -0.4 is 9.62 Å². The maximum Gasteiger partial charge on any atom is 0.244 e. The lowest BCUT2D eigenvalue weighted by Gasteiger charge is -2.33. The molecule has 2 aromatic rings. The highest BCUT2D eigenvalue weighted by Gasteiger charge is 2.31. The Bertz CT molecular complexity index is 1100. The van der Waals surface area contributed by atoms with E-state index in [0.717, 1.165) is 21.7 Å². The van der Waals surface area contributed by atoms with Gasteiger partial charge < -0.3 is 10.2 Å². The van der Waals surface area contributed by atoms with E-state index in [1.165, 1.54) is 4.90 Å². The lowest BCUT2D eigenvalue weighted by atomic mass is 10.1. The van der Waals surface area contributed by atoms with E-state index in [4.69, 9.17) is 11.6 Å². The zero-order valence-electron chi connectivity index (χ0n) is 19.8. The van der Waals surface area contributed by atoms with Gasteiger partial charge in [0.2, 0.25) is 21.8 Å². The van der Waals surface area contributed by atoms with Gasteiger partial charge in [-0.15, -0.1) is 0 Å². The average Bonchev–Trinajstić information content (AvgIpc) is 2.71. The van der Waals surface area contributed by atoms with E-state index in [1.807, 2.05) is 45.0 Å². The number of aryl methyl sites for hydroxylation is 2. The van der Waals surface area contributed by atoms with E-state index in [1.54, 1.807) is 25.1 Å². The van der Waals surface area contributed by atoms with Gasteiger partial charge >= 0.3 is 0 Å². The van der Waals surface area contributed by atoms with Crippen molar-refractivity contribution in [2.75, 3.05) is 23.7 Å². The van der Waals surface area contributed by atoms with Gasteiger partial charge in [0.25, 0.3) is 0 Å². The summed E-state index contributed by atoms with van der Waals surface area (Å²) in [6.45, 7) is 7.52. The Morgan fingerprint density at radius 1 is 1.09 bits per heavy atom. The van der Waals surface area contributed by atoms with Gasteiger partial charge in [-0.05, 0) is 56.5 Å². The number of hydrogen-bond donors (Lipinski definition) is 1. The molecule has 0 aliphatic rings. The number of carbonyl (C=O) groups excluding carboxylic acids is 2.